The largest absolute Gasteiger partial charge is 0.466 e. The maximum atomic E-state index is 12.1. The van der Waals surface area contributed by atoms with E-state index in [1.54, 1.807) is 6.92 Å². The molecule has 0 aromatic heterocycles. The molecular formula is C8H15FO2. The first-order valence-electron chi connectivity index (χ1n) is 3.98. The second kappa shape index (κ2) is 6.13. The van der Waals surface area contributed by atoms with Crippen LogP contribution in [0, 0.1) is 5.92 Å². The molecule has 0 radical (unpaired) electrons. The number of carbonyl (C=O) groups is 1. The van der Waals surface area contributed by atoms with Crippen LogP contribution < -0.4 is 0 Å². The molecular weight excluding hydrogens is 147 g/mol. The number of rotatable bonds is 5. The molecule has 0 bridgehead atoms. The Balaban J connectivity index is 3.71. The number of ether oxygens (including phenoxy) is 1. The summed E-state index contributed by atoms with van der Waals surface area (Å²) < 4.78 is 16.8. The standard InChI is InChI=1S/C8H15FO2/c1-3-5-7(6-9)8(10)11-4-2/h7H,3-6H2,1-2H3. The molecule has 0 N–H and O–H groups in total. The number of alkyl halides is 1. The van der Waals surface area contributed by atoms with Gasteiger partial charge in [-0.05, 0) is 13.3 Å². The van der Waals surface area contributed by atoms with Gasteiger partial charge in [-0.3, -0.25) is 9.18 Å². The molecule has 0 spiro atoms. The lowest BCUT2D eigenvalue weighted by Crippen LogP contribution is -2.19. The summed E-state index contributed by atoms with van der Waals surface area (Å²) in [6.45, 7) is 3.37. The summed E-state index contributed by atoms with van der Waals surface area (Å²) in [4.78, 5) is 10.9. The molecule has 0 aliphatic heterocycles. The maximum absolute atomic E-state index is 12.1. The van der Waals surface area contributed by atoms with E-state index in [-0.39, 0.29) is 0 Å². The predicted molar refractivity (Wildman–Crippen MR) is 41.0 cm³/mol. The van der Waals surface area contributed by atoms with Crippen molar-refractivity contribution in [3.8, 4) is 0 Å². The van der Waals surface area contributed by atoms with E-state index in [1.165, 1.54) is 0 Å². The minimum absolute atomic E-state index is 0.332. The van der Waals surface area contributed by atoms with Gasteiger partial charge in [-0.25, -0.2) is 0 Å². The lowest BCUT2D eigenvalue weighted by Gasteiger charge is -2.09. The third-order valence-corrected chi connectivity index (χ3v) is 1.44. The van der Waals surface area contributed by atoms with E-state index in [1.807, 2.05) is 6.92 Å². The van der Waals surface area contributed by atoms with Gasteiger partial charge in [0, 0.05) is 0 Å². The van der Waals surface area contributed by atoms with Crippen LogP contribution in [0.5, 0.6) is 0 Å². The molecule has 66 valence electrons. The van der Waals surface area contributed by atoms with Crippen molar-refractivity contribution in [1.29, 1.82) is 0 Å². The Labute approximate surface area is 66.7 Å². The lowest BCUT2D eigenvalue weighted by atomic mass is 10.1. The van der Waals surface area contributed by atoms with E-state index in [0.29, 0.717) is 13.0 Å². The number of esters is 1. The smallest absolute Gasteiger partial charge is 0.311 e. The predicted octanol–water partition coefficient (Wildman–Crippen LogP) is 1.94. The van der Waals surface area contributed by atoms with Crippen LogP contribution in [0.1, 0.15) is 26.7 Å². The molecule has 0 aliphatic rings. The molecule has 0 saturated carbocycles. The van der Waals surface area contributed by atoms with Crippen molar-refractivity contribution >= 4 is 5.97 Å². The fourth-order valence-electron chi connectivity index (χ4n) is 0.867. The van der Waals surface area contributed by atoms with E-state index < -0.39 is 18.6 Å². The summed E-state index contributed by atoms with van der Waals surface area (Å²) in [5.41, 5.74) is 0. The Morgan fingerprint density at radius 1 is 1.55 bits per heavy atom. The van der Waals surface area contributed by atoms with Crippen molar-refractivity contribution in [2.45, 2.75) is 26.7 Å². The second-order valence-corrected chi connectivity index (χ2v) is 2.39. The van der Waals surface area contributed by atoms with Gasteiger partial charge in [0.05, 0.1) is 12.5 Å². The first-order valence-corrected chi connectivity index (χ1v) is 3.98. The molecule has 11 heavy (non-hydrogen) atoms. The second-order valence-electron chi connectivity index (χ2n) is 2.39. The van der Waals surface area contributed by atoms with E-state index in [9.17, 15) is 9.18 Å². The van der Waals surface area contributed by atoms with Crippen LogP contribution in [-0.2, 0) is 9.53 Å². The Morgan fingerprint density at radius 2 is 2.18 bits per heavy atom. The quantitative estimate of drug-likeness (QED) is 0.577. The number of carbonyl (C=O) groups excluding carboxylic acids is 1. The van der Waals surface area contributed by atoms with Crippen LogP contribution in [0.4, 0.5) is 4.39 Å². The monoisotopic (exact) mass is 162 g/mol. The Kier molecular flexibility index (Phi) is 5.80. The van der Waals surface area contributed by atoms with E-state index in [2.05, 4.69) is 4.74 Å². The van der Waals surface area contributed by atoms with Crippen LogP contribution in [-0.4, -0.2) is 19.3 Å². The molecule has 0 amide bonds. The van der Waals surface area contributed by atoms with Crippen molar-refractivity contribution in [3.63, 3.8) is 0 Å². The van der Waals surface area contributed by atoms with Crippen LogP contribution >= 0.6 is 0 Å². The van der Waals surface area contributed by atoms with Gasteiger partial charge in [-0.2, -0.15) is 0 Å². The molecule has 0 rings (SSSR count). The third-order valence-electron chi connectivity index (χ3n) is 1.44. The zero-order valence-electron chi connectivity index (χ0n) is 7.10. The molecule has 0 fully saturated rings. The zero-order chi connectivity index (χ0) is 8.69. The normalized spacial score (nSPS) is 12.6. The number of hydrogen-bond acceptors (Lipinski definition) is 2. The maximum Gasteiger partial charge on any atom is 0.311 e. The van der Waals surface area contributed by atoms with Gasteiger partial charge < -0.3 is 4.74 Å². The first-order chi connectivity index (χ1) is 5.26. The highest BCUT2D eigenvalue weighted by molar-refractivity contribution is 5.72. The summed E-state index contributed by atoms with van der Waals surface area (Å²) in [6.07, 6.45) is 1.39. The molecule has 0 aromatic rings. The van der Waals surface area contributed by atoms with Gasteiger partial charge in [0.1, 0.15) is 6.67 Å². The number of halogens is 1. The Morgan fingerprint density at radius 3 is 2.55 bits per heavy atom. The molecule has 1 atom stereocenters. The lowest BCUT2D eigenvalue weighted by molar-refractivity contribution is -0.148. The molecule has 2 nitrogen and oxygen atoms in total. The minimum atomic E-state index is -0.604. The van der Waals surface area contributed by atoms with Gasteiger partial charge in [0.15, 0.2) is 0 Å². The van der Waals surface area contributed by atoms with Gasteiger partial charge >= 0.3 is 5.97 Å². The van der Waals surface area contributed by atoms with Crippen molar-refractivity contribution in [2.24, 2.45) is 5.92 Å². The number of hydrogen-bond donors (Lipinski definition) is 0. The van der Waals surface area contributed by atoms with Gasteiger partial charge in [-0.1, -0.05) is 13.3 Å². The third kappa shape index (κ3) is 3.96. The highest BCUT2D eigenvalue weighted by Crippen LogP contribution is 2.08. The van der Waals surface area contributed by atoms with Crippen molar-refractivity contribution in [1.82, 2.24) is 0 Å². The minimum Gasteiger partial charge on any atom is -0.466 e. The van der Waals surface area contributed by atoms with E-state index >= 15 is 0 Å². The van der Waals surface area contributed by atoms with E-state index in [0.717, 1.165) is 6.42 Å². The average Bonchev–Trinajstić information content (AvgIpc) is 2.00. The summed E-state index contributed by atoms with van der Waals surface area (Å²) in [6, 6.07) is 0. The van der Waals surface area contributed by atoms with Crippen molar-refractivity contribution in [3.05, 3.63) is 0 Å². The van der Waals surface area contributed by atoms with Crippen molar-refractivity contribution < 1.29 is 13.9 Å². The topological polar surface area (TPSA) is 26.3 Å². The zero-order valence-corrected chi connectivity index (χ0v) is 7.10. The fraction of sp³-hybridized carbons (Fsp3) is 0.875. The average molecular weight is 162 g/mol. The molecule has 3 heteroatoms. The van der Waals surface area contributed by atoms with E-state index in [4.69, 9.17) is 0 Å². The fourth-order valence-corrected chi connectivity index (χ4v) is 0.867. The van der Waals surface area contributed by atoms with Crippen molar-refractivity contribution in [2.75, 3.05) is 13.3 Å². The summed E-state index contributed by atoms with van der Waals surface area (Å²) in [7, 11) is 0. The molecule has 0 aromatic carbocycles. The first kappa shape index (κ1) is 10.4. The Bertz CT molecular complexity index is 115. The van der Waals surface area contributed by atoms with Gasteiger partial charge in [0.2, 0.25) is 0 Å². The van der Waals surface area contributed by atoms with Crippen LogP contribution in [0.3, 0.4) is 0 Å². The van der Waals surface area contributed by atoms with Crippen LogP contribution in [0.2, 0.25) is 0 Å². The summed E-state index contributed by atoms with van der Waals surface area (Å²) in [5, 5.41) is 0. The molecule has 1 unspecified atom stereocenters. The van der Waals surface area contributed by atoms with Gasteiger partial charge in [-0.15, -0.1) is 0 Å². The highest BCUT2D eigenvalue weighted by Gasteiger charge is 2.17. The molecule has 0 heterocycles. The molecule has 0 saturated heterocycles. The van der Waals surface area contributed by atoms with Crippen LogP contribution in [0.15, 0.2) is 0 Å². The highest BCUT2D eigenvalue weighted by atomic mass is 19.1. The molecule has 0 aliphatic carbocycles. The SMILES string of the molecule is CCCC(CF)C(=O)OCC. The summed E-state index contributed by atoms with van der Waals surface area (Å²) >= 11 is 0. The Hall–Kier alpha value is -0.600. The van der Waals surface area contributed by atoms with Crippen LogP contribution in [0.25, 0.3) is 0 Å². The van der Waals surface area contributed by atoms with Gasteiger partial charge in [0.25, 0.3) is 0 Å². The summed E-state index contributed by atoms with van der Waals surface area (Å²) in [5.74, 6) is -0.947.